The third-order valence-electron chi connectivity index (χ3n) is 12.5. The highest BCUT2D eigenvalue weighted by Gasteiger charge is 2.50. The highest BCUT2D eigenvalue weighted by atomic mass is 31.1. The fourth-order valence-electron chi connectivity index (χ4n) is 11.2. The van der Waals surface area contributed by atoms with Crippen molar-refractivity contribution in [1.29, 1.82) is 0 Å². The van der Waals surface area contributed by atoms with Gasteiger partial charge in [-0.1, -0.05) is 97.4 Å². The molecule has 0 spiro atoms. The topological polar surface area (TPSA) is 0 Å². The highest BCUT2D eigenvalue weighted by molar-refractivity contribution is 7.41. The minimum absolute atomic E-state index is 0.615. The first-order chi connectivity index (χ1) is 20.0. The lowest BCUT2D eigenvalue weighted by atomic mass is 9.75. The van der Waals surface area contributed by atoms with Gasteiger partial charge in [0.15, 0.2) is 0 Å². The fraction of sp³-hybridized carbons (Fsp3) is 0.600. The second kappa shape index (κ2) is 10.5. The van der Waals surface area contributed by atoms with E-state index in [1.165, 1.54) is 77.0 Å². The third-order valence-corrected chi connectivity index (χ3v) is 14.5. The van der Waals surface area contributed by atoms with Crippen LogP contribution >= 0.6 is 8.58 Å². The van der Waals surface area contributed by atoms with Crippen LogP contribution in [0.5, 0.6) is 0 Å². The zero-order chi connectivity index (χ0) is 28.7. The van der Waals surface area contributed by atoms with E-state index in [1.54, 1.807) is 33.4 Å². The Labute approximate surface area is 252 Å². The van der Waals surface area contributed by atoms with Gasteiger partial charge in [-0.3, -0.25) is 0 Å². The maximum atomic E-state index is 2.48. The molecule has 4 unspecified atom stereocenters. The summed E-state index contributed by atoms with van der Waals surface area (Å²) in [6.07, 6.45) is 14.8. The van der Waals surface area contributed by atoms with E-state index < -0.39 is 0 Å². The molecule has 0 amide bonds. The van der Waals surface area contributed by atoms with Gasteiger partial charge >= 0.3 is 0 Å². The summed E-state index contributed by atoms with van der Waals surface area (Å²) in [4.78, 5) is 0. The smallest absolute Gasteiger partial charge is 0.0205 e. The molecular weight excluding hydrogens is 511 g/mol. The zero-order valence-corrected chi connectivity index (χ0v) is 28.3. The van der Waals surface area contributed by atoms with Gasteiger partial charge in [0.05, 0.1) is 0 Å². The lowest BCUT2D eigenvalue weighted by molar-refractivity contribution is 0.633. The van der Waals surface area contributed by atoms with E-state index in [-0.39, 0.29) is 0 Å². The number of allylic oxidation sites excluding steroid dienone is 16. The van der Waals surface area contributed by atoms with Crippen LogP contribution in [0.2, 0.25) is 0 Å². The third kappa shape index (κ3) is 3.62. The summed E-state index contributed by atoms with van der Waals surface area (Å²) in [5.74, 6) is 1.23. The fourth-order valence-corrected chi connectivity index (χ4v) is 13.5. The molecule has 218 valence electrons. The van der Waals surface area contributed by atoms with E-state index in [9.17, 15) is 0 Å². The molecule has 0 saturated heterocycles. The zero-order valence-electron chi connectivity index (χ0n) is 27.3. The summed E-state index contributed by atoms with van der Waals surface area (Å²) >= 11 is 0. The predicted octanol–water partition coefficient (Wildman–Crippen LogP) is 11.9. The van der Waals surface area contributed by atoms with Crippen LogP contribution in [0.4, 0.5) is 0 Å². The van der Waals surface area contributed by atoms with E-state index in [0.29, 0.717) is 23.2 Å². The van der Waals surface area contributed by atoms with Gasteiger partial charge in [-0.25, -0.2) is 0 Å². The summed E-state index contributed by atoms with van der Waals surface area (Å²) in [5.41, 5.74) is 30.6. The highest BCUT2D eigenvalue weighted by Crippen LogP contribution is 2.66. The Balaban J connectivity index is 1.67. The second-order valence-corrected chi connectivity index (χ2v) is 15.0. The minimum Gasteiger partial charge on any atom is -0.0985 e. The first-order valence-electron chi connectivity index (χ1n) is 17.6. The largest absolute Gasteiger partial charge is 0.0985 e. The Morgan fingerprint density at radius 2 is 0.780 bits per heavy atom. The molecular formula is C40H53P. The van der Waals surface area contributed by atoms with Crippen molar-refractivity contribution in [3.05, 3.63) is 89.2 Å². The average Bonchev–Trinajstić information content (AvgIpc) is 3.64. The summed E-state index contributed by atoms with van der Waals surface area (Å²) in [6.45, 7) is 19.8. The van der Waals surface area contributed by atoms with Gasteiger partial charge in [-0.15, -0.1) is 0 Å². The Bertz CT molecular complexity index is 1370. The molecule has 4 atom stereocenters. The van der Waals surface area contributed by atoms with Crippen LogP contribution in [-0.4, -0.2) is 11.3 Å². The van der Waals surface area contributed by atoms with Gasteiger partial charge in [-0.05, 0) is 133 Å². The number of rotatable bonds is 8. The van der Waals surface area contributed by atoms with Gasteiger partial charge in [0.1, 0.15) is 0 Å². The van der Waals surface area contributed by atoms with Crippen molar-refractivity contribution in [3.8, 4) is 0 Å². The summed E-state index contributed by atoms with van der Waals surface area (Å²) in [7, 11) is 0.999. The first-order valence-corrected chi connectivity index (χ1v) is 18.7. The van der Waals surface area contributed by atoms with Crippen molar-refractivity contribution >= 4 is 8.58 Å². The van der Waals surface area contributed by atoms with Crippen molar-refractivity contribution in [2.24, 2.45) is 11.8 Å². The second-order valence-electron chi connectivity index (χ2n) is 13.5. The van der Waals surface area contributed by atoms with Crippen molar-refractivity contribution in [1.82, 2.24) is 0 Å². The molecule has 0 aromatic heterocycles. The van der Waals surface area contributed by atoms with Gasteiger partial charge in [-0.2, -0.15) is 0 Å². The maximum Gasteiger partial charge on any atom is 0.0205 e. The van der Waals surface area contributed by atoms with E-state index in [0.717, 1.165) is 8.58 Å². The van der Waals surface area contributed by atoms with E-state index in [2.05, 4.69) is 55.4 Å². The van der Waals surface area contributed by atoms with Crippen LogP contribution in [0, 0.1) is 11.8 Å². The van der Waals surface area contributed by atoms with Crippen LogP contribution in [0.25, 0.3) is 0 Å². The van der Waals surface area contributed by atoms with Gasteiger partial charge < -0.3 is 0 Å². The van der Waals surface area contributed by atoms with E-state index in [4.69, 9.17) is 0 Å². The van der Waals surface area contributed by atoms with Gasteiger partial charge in [0, 0.05) is 23.2 Å². The first kappa shape index (κ1) is 28.1. The Kier molecular flexibility index (Phi) is 7.21. The lowest BCUT2D eigenvalue weighted by Gasteiger charge is -2.29. The number of hydrogen-bond acceptors (Lipinski definition) is 0. The van der Waals surface area contributed by atoms with Crippen LogP contribution in [0.15, 0.2) is 89.2 Å². The minimum atomic E-state index is 0.615. The molecule has 41 heavy (non-hydrogen) atoms. The average molecular weight is 565 g/mol. The molecule has 8 rings (SSSR count). The van der Waals surface area contributed by atoms with Crippen LogP contribution in [0.3, 0.4) is 0 Å². The van der Waals surface area contributed by atoms with Crippen molar-refractivity contribution < 1.29 is 0 Å². The van der Waals surface area contributed by atoms with Crippen molar-refractivity contribution in [2.75, 3.05) is 0 Å². The van der Waals surface area contributed by atoms with Crippen LogP contribution in [-0.2, 0) is 0 Å². The molecule has 2 aliphatic heterocycles. The number of hydrogen-bond donors (Lipinski definition) is 0. The molecule has 0 saturated carbocycles. The van der Waals surface area contributed by atoms with Gasteiger partial charge in [0.2, 0.25) is 0 Å². The Morgan fingerprint density at radius 1 is 0.439 bits per heavy atom. The normalized spacial score (nSPS) is 31.0. The maximum absolute atomic E-state index is 2.48. The summed E-state index contributed by atoms with van der Waals surface area (Å²) in [5, 5.41) is 0. The van der Waals surface area contributed by atoms with Gasteiger partial charge in [0.25, 0.3) is 0 Å². The summed E-state index contributed by atoms with van der Waals surface area (Å²) in [6, 6.07) is 0. The monoisotopic (exact) mass is 564 g/mol. The Hall–Kier alpha value is -1.65. The molecule has 1 heteroatoms. The standard InChI is InChI=1S/C40H53P/c1-9-21-22(10-2)30-18-34-27(15-7)28(16-8)36-20-32-24(12-4)23(11-3)31-19-35-26(14-6)25(13-5)33(39(35)41-40(34)36)17-29(21)37(30)38(31)32/h29,32,39-41H,9-20H2,1-8H3. The van der Waals surface area contributed by atoms with Crippen molar-refractivity contribution in [3.63, 3.8) is 0 Å². The molecule has 0 nitrogen and oxygen atoms in total. The SMILES string of the molecule is CCC1=C(CC)C2CC3=C(CC)C(CC)=C4CC5=C6C2=C1CC1=C(CC)C(CC)=C(CC6C(CC)=C5CC)C1PC43. The quantitative estimate of drug-likeness (QED) is 0.257. The van der Waals surface area contributed by atoms with Crippen molar-refractivity contribution in [2.45, 2.75) is 144 Å². The van der Waals surface area contributed by atoms with E-state index in [1.807, 2.05) is 55.7 Å². The molecule has 0 aromatic carbocycles. The molecule has 6 aliphatic carbocycles. The molecule has 2 heterocycles. The molecule has 0 radical (unpaired) electrons. The molecule has 0 N–H and O–H groups in total. The Morgan fingerprint density at radius 3 is 1.10 bits per heavy atom. The predicted molar refractivity (Wildman–Crippen MR) is 180 cm³/mol. The van der Waals surface area contributed by atoms with E-state index >= 15 is 0 Å². The molecule has 0 fully saturated rings. The van der Waals surface area contributed by atoms with Crippen LogP contribution in [0.1, 0.15) is 132 Å². The molecule has 0 aromatic rings. The summed E-state index contributed by atoms with van der Waals surface area (Å²) < 4.78 is 0. The lowest BCUT2D eigenvalue weighted by Crippen LogP contribution is -2.17. The molecule has 12 bridgehead atoms. The van der Waals surface area contributed by atoms with Crippen LogP contribution < -0.4 is 0 Å². The molecule has 8 aliphatic rings.